The smallest absolute Gasteiger partial charge is 0.320 e. The normalized spacial score (nSPS) is 11.8. The number of ether oxygens (including phenoxy) is 2. The largest absolute Gasteiger partial charge is 0.493 e. The summed E-state index contributed by atoms with van der Waals surface area (Å²) in [5.74, 6) is 1.19. The molecule has 0 bridgehead atoms. The lowest BCUT2D eigenvalue weighted by Gasteiger charge is -2.17. The van der Waals surface area contributed by atoms with Crippen LogP contribution in [0.5, 0.6) is 11.5 Å². The van der Waals surface area contributed by atoms with Crippen LogP contribution in [0.15, 0.2) is 46.9 Å². The number of carbonyl (C=O) groups is 1. The first kappa shape index (κ1) is 21.6. The van der Waals surface area contributed by atoms with Crippen LogP contribution in [-0.2, 0) is 17.9 Å². The summed E-state index contributed by atoms with van der Waals surface area (Å²) in [5, 5.41) is 12.4. The maximum Gasteiger partial charge on any atom is 0.320 e. The molecule has 1 atom stereocenters. The van der Waals surface area contributed by atoms with Crippen LogP contribution in [0.4, 0.5) is 0 Å². The van der Waals surface area contributed by atoms with Crippen molar-refractivity contribution >= 4 is 33.7 Å². The lowest BCUT2D eigenvalue weighted by molar-refractivity contribution is -0.139. The molecule has 2 rings (SSSR count). The van der Waals surface area contributed by atoms with Gasteiger partial charge in [-0.2, -0.15) is 11.8 Å². The topological polar surface area (TPSA) is 67.8 Å². The first-order chi connectivity index (χ1) is 13.0. The Kier molecular flexibility index (Phi) is 8.97. The fourth-order valence-corrected chi connectivity index (χ4v) is 3.61. The van der Waals surface area contributed by atoms with Gasteiger partial charge < -0.3 is 19.9 Å². The van der Waals surface area contributed by atoms with Crippen LogP contribution in [0.25, 0.3) is 0 Å². The molecule has 0 aliphatic heterocycles. The molecule has 0 amide bonds. The van der Waals surface area contributed by atoms with E-state index in [1.54, 1.807) is 18.9 Å². The van der Waals surface area contributed by atoms with Gasteiger partial charge in [0.2, 0.25) is 0 Å². The van der Waals surface area contributed by atoms with Crippen LogP contribution in [0.3, 0.4) is 0 Å². The minimum Gasteiger partial charge on any atom is -0.493 e. The third kappa shape index (κ3) is 6.75. The van der Waals surface area contributed by atoms with E-state index < -0.39 is 12.0 Å². The second-order valence-electron chi connectivity index (χ2n) is 5.94. The average Bonchev–Trinajstić information content (AvgIpc) is 2.67. The van der Waals surface area contributed by atoms with Gasteiger partial charge in [-0.3, -0.25) is 4.79 Å². The zero-order valence-electron chi connectivity index (χ0n) is 15.4. The molecule has 0 aromatic heterocycles. The highest BCUT2D eigenvalue weighted by Crippen LogP contribution is 2.37. The van der Waals surface area contributed by atoms with E-state index >= 15 is 0 Å². The quantitative estimate of drug-likeness (QED) is 0.527. The molecule has 2 aromatic carbocycles. The van der Waals surface area contributed by atoms with E-state index in [4.69, 9.17) is 9.47 Å². The molecular weight excluding hydrogens is 430 g/mol. The third-order valence-corrected chi connectivity index (χ3v) is 5.21. The molecule has 0 fully saturated rings. The molecule has 0 radical (unpaired) electrons. The summed E-state index contributed by atoms with van der Waals surface area (Å²) in [6.45, 7) is 0.864. The van der Waals surface area contributed by atoms with Gasteiger partial charge in [0.05, 0.1) is 11.6 Å². The number of hydrogen-bond donors (Lipinski definition) is 2. The molecule has 1 unspecified atom stereocenters. The number of halogens is 1. The second-order valence-corrected chi connectivity index (χ2v) is 7.78. The number of nitrogens with one attached hydrogen (secondary N) is 1. The molecular formula is C20H24BrNO4S. The van der Waals surface area contributed by atoms with Crippen LogP contribution >= 0.6 is 27.7 Å². The predicted molar refractivity (Wildman–Crippen MR) is 113 cm³/mol. The Balaban J connectivity index is 2.06. The van der Waals surface area contributed by atoms with Crippen molar-refractivity contribution in [3.8, 4) is 11.5 Å². The molecule has 2 N–H and O–H groups in total. The Morgan fingerprint density at radius 1 is 1.26 bits per heavy atom. The molecule has 2 aromatic rings. The van der Waals surface area contributed by atoms with Crippen molar-refractivity contribution in [2.24, 2.45) is 0 Å². The minimum atomic E-state index is -0.835. The zero-order valence-corrected chi connectivity index (χ0v) is 17.8. The Labute approximate surface area is 172 Å². The van der Waals surface area contributed by atoms with Crippen molar-refractivity contribution in [2.75, 3.05) is 19.1 Å². The summed E-state index contributed by atoms with van der Waals surface area (Å²) in [4.78, 5) is 11.4. The maximum absolute atomic E-state index is 11.4. The van der Waals surface area contributed by atoms with Crippen LogP contribution in [0.1, 0.15) is 17.5 Å². The first-order valence-electron chi connectivity index (χ1n) is 8.53. The van der Waals surface area contributed by atoms with Gasteiger partial charge in [-0.25, -0.2) is 0 Å². The summed E-state index contributed by atoms with van der Waals surface area (Å²) >= 11 is 5.17. The number of rotatable bonds is 11. The van der Waals surface area contributed by atoms with Crippen LogP contribution < -0.4 is 14.8 Å². The highest BCUT2D eigenvalue weighted by molar-refractivity contribution is 9.10. The number of benzene rings is 2. The molecule has 0 aliphatic rings. The van der Waals surface area contributed by atoms with E-state index in [1.165, 1.54) is 0 Å². The number of hydrogen-bond acceptors (Lipinski definition) is 5. The van der Waals surface area contributed by atoms with Crippen LogP contribution in [0, 0.1) is 0 Å². The van der Waals surface area contributed by atoms with Crippen molar-refractivity contribution in [3.63, 3.8) is 0 Å². The summed E-state index contributed by atoms with van der Waals surface area (Å²) in [7, 11) is 1.59. The van der Waals surface area contributed by atoms with Crippen LogP contribution in [-0.4, -0.2) is 36.2 Å². The van der Waals surface area contributed by atoms with Crippen molar-refractivity contribution in [1.82, 2.24) is 5.32 Å². The zero-order chi connectivity index (χ0) is 19.6. The fraction of sp³-hybridized carbons (Fsp3) is 0.350. The van der Waals surface area contributed by atoms with Crippen molar-refractivity contribution in [3.05, 3.63) is 58.1 Å². The summed E-state index contributed by atoms with van der Waals surface area (Å²) in [6, 6.07) is 13.1. The minimum absolute atomic E-state index is 0.430. The molecule has 0 spiro atoms. The average molecular weight is 454 g/mol. The van der Waals surface area contributed by atoms with E-state index in [0.717, 1.165) is 21.4 Å². The van der Waals surface area contributed by atoms with E-state index in [0.29, 0.717) is 31.1 Å². The lowest BCUT2D eigenvalue weighted by atomic mass is 10.1. The van der Waals surface area contributed by atoms with Gasteiger partial charge in [0, 0.05) is 6.54 Å². The second kappa shape index (κ2) is 11.2. The molecule has 0 saturated heterocycles. The molecule has 146 valence electrons. The predicted octanol–water partition coefficient (Wildman–Crippen LogP) is 4.33. The molecule has 0 saturated carbocycles. The summed E-state index contributed by atoms with van der Waals surface area (Å²) in [5.41, 5.74) is 1.98. The molecule has 5 nitrogen and oxygen atoms in total. The Bertz CT molecular complexity index is 742. The lowest BCUT2D eigenvalue weighted by Crippen LogP contribution is -2.36. The summed E-state index contributed by atoms with van der Waals surface area (Å²) in [6.07, 6.45) is 2.54. The van der Waals surface area contributed by atoms with Gasteiger partial charge in [0.1, 0.15) is 12.6 Å². The fourth-order valence-electron chi connectivity index (χ4n) is 2.53. The van der Waals surface area contributed by atoms with Gasteiger partial charge in [0.15, 0.2) is 11.5 Å². The highest BCUT2D eigenvalue weighted by Gasteiger charge is 2.17. The van der Waals surface area contributed by atoms with Gasteiger partial charge in [-0.05, 0) is 57.6 Å². The molecule has 7 heteroatoms. The number of thioether (sulfide) groups is 1. The number of methoxy groups -OCH3 is 1. The first-order valence-corrected chi connectivity index (χ1v) is 10.7. The van der Waals surface area contributed by atoms with Crippen molar-refractivity contribution in [2.45, 2.75) is 25.6 Å². The Hall–Kier alpha value is -1.70. The van der Waals surface area contributed by atoms with E-state index in [1.807, 2.05) is 48.7 Å². The summed E-state index contributed by atoms with van der Waals surface area (Å²) < 4.78 is 12.2. The number of aliphatic carboxylic acids is 1. The highest BCUT2D eigenvalue weighted by atomic mass is 79.9. The Morgan fingerprint density at radius 2 is 2.00 bits per heavy atom. The monoisotopic (exact) mass is 453 g/mol. The molecule has 27 heavy (non-hydrogen) atoms. The number of carboxylic acids is 1. The van der Waals surface area contributed by atoms with Gasteiger partial charge >= 0.3 is 5.97 Å². The van der Waals surface area contributed by atoms with Gasteiger partial charge in [0.25, 0.3) is 0 Å². The van der Waals surface area contributed by atoms with Gasteiger partial charge in [-0.15, -0.1) is 0 Å². The van der Waals surface area contributed by atoms with Crippen molar-refractivity contribution in [1.29, 1.82) is 0 Å². The number of carboxylic acid groups (broad SMARTS) is 1. The standard InChI is InChI=1S/C20H24BrNO4S/c1-25-18-11-15(12-22-17(20(23)24)8-9-27-2)10-16(21)19(18)26-13-14-6-4-3-5-7-14/h3-7,10-11,17,22H,8-9,12-13H2,1-2H3,(H,23,24). The van der Waals surface area contributed by atoms with Gasteiger partial charge in [-0.1, -0.05) is 30.3 Å². The molecule has 0 aliphatic carbocycles. The van der Waals surface area contributed by atoms with E-state index in [-0.39, 0.29) is 0 Å². The maximum atomic E-state index is 11.4. The van der Waals surface area contributed by atoms with Crippen LogP contribution in [0.2, 0.25) is 0 Å². The molecule has 0 heterocycles. The SMILES string of the molecule is COc1cc(CNC(CCSC)C(=O)O)cc(Br)c1OCc1ccccc1. The third-order valence-electron chi connectivity index (χ3n) is 3.98. The Morgan fingerprint density at radius 3 is 2.63 bits per heavy atom. The van der Waals surface area contributed by atoms with Crippen molar-refractivity contribution < 1.29 is 19.4 Å². The van der Waals surface area contributed by atoms with E-state index in [9.17, 15) is 9.90 Å². The van der Waals surface area contributed by atoms with E-state index in [2.05, 4.69) is 21.2 Å².